The van der Waals surface area contributed by atoms with Crippen molar-refractivity contribution >= 4 is 18.0 Å². The van der Waals surface area contributed by atoms with Crippen LogP contribution in [0.5, 0.6) is 0 Å². The first-order valence-corrected chi connectivity index (χ1v) is 11.8. The average Bonchev–Trinajstić information content (AvgIpc) is 2.90. The van der Waals surface area contributed by atoms with E-state index in [4.69, 9.17) is 9.47 Å². The van der Waals surface area contributed by atoms with Gasteiger partial charge in [-0.05, 0) is 31.9 Å². The summed E-state index contributed by atoms with van der Waals surface area (Å²) in [6.07, 6.45) is 4.99. The Morgan fingerprint density at radius 1 is 0.971 bits per heavy atom. The van der Waals surface area contributed by atoms with Crippen LogP contribution in [-0.2, 0) is 14.3 Å². The molecule has 1 fully saturated rings. The van der Waals surface area contributed by atoms with Crippen LogP contribution < -0.4 is 0 Å². The van der Waals surface area contributed by atoms with Crippen LogP contribution in [-0.4, -0.2) is 43.0 Å². The molecule has 1 saturated carbocycles. The topological polar surface area (TPSA) is 55.8 Å². The van der Waals surface area contributed by atoms with Gasteiger partial charge in [0.05, 0.1) is 5.56 Å². The van der Waals surface area contributed by atoms with Gasteiger partial charge >= 0.3 is 5.97 Å². The van der Waals surface area contributed by atoms with Crippen LogP contribution in [0.4, 0.5) is 0 Å². The molecule has 0 N–H and O–H groups in total. The molecule has 0 heterocycles. The summed E-state index contributed by atoms with van der Waals surface area (Å²) in [7, 11) is 1.93. The van der Waals surface area contributed by atoms with Crippen LogP contribution in [0.2, 0.25) is 0 Å². The van der Waals surface area contributed by atoms with E-state index >= 15 is 0 Å². The van der Waals surface area contributed by atoms with E-state index in [1.54, 1.807) is 24.3 Å². The minimum Gasteiger partial charge on any atom is -0.491 e. The van der Waals surface area contributed by atoms with Crippen LogP contribution in [0.3, 0.4) is 0 Å². The fourth-order valence-electron chi connectivity index (χ4n) is 4.40. The lowest BCUT2D eigenvalue weighted by Crippen LogP contribution is -2.52. The highest BCUT2D eigenvalue weighted by molar-refractivity contribution is 5.89. The second-order valence-electron chi connectivity index (χ2n) is 9.26. The molecule has 1 aliphatic rings. The molecule has 5 nitrogen and oxygen atoms in total. The van der Waals surface area contributed by atoms with Gasteiger partial charge in [-0.1, -0.05) is 74.5 Å². The van der Waals surface area contributed by atoms with Crippen molar-refractivity contribution in [2.24, 2.45) is 11.8 Å². The van der Waals surface area contributed by atoms with E-state index in [9.17, 15) is 9.59 Å². The number of benzene rings is 2. The van der Waals surface area contributed by atoms with Gasteiger partial charge in [-0.25, -0.2) is 4.79 Å². The minimum absolute atomic E-state index is 0.0416. The highest BCUT2D eigenvalue weighted by Gasteiger charge is 2.38. The van der Waals surface area contributed by atoms with Crippen LogP contribution in [0.1, 0.15) is 48.5 Å². The Labute approximate surface area is 203 Å². The largest absolute Gasteiger partial charge is 0.491 e. The second-order valence-corrected chi connectivity index (χ2v) is 9.26. The number of rotatable bonds is 11. The van der Waals surface area contributed by atoms with Crippen LogP contribution in [0, 0.1) is 11.8 Å². The summed E-state index contributed by atoms with van der Waals surface area (Å²) in [6, 6.07) is 18.6. The van der Waals surface area contributed by atoms with Gasteiger partial charge in [0.1, 0.15) is 30.8 Å². The Bertz CT molecular complexity index is 930. The van der Waals surface area contributed by atoms with Crippen molar-refractivity contribution in [3.8, 4) is 0 Å². The number of allylic oxidation sites excluding steroid dienone is 1. The number of nitrogens with zero attached hydrogens (tertiary/aromatic N) is 1. The van der Waals surface area contributed by atoms with Crippen molar-refractivity contribution in [1.82, 2.24) is 4.90 Å². The fourth-order valence-corrected chi connectivity index (χ4v) is 4.40. The normalized spacial score (nSPS) is 19.4. The standard InChI is InChI=1S/C29H35NO4/c1-22(27-18-12-11-17-26(27)19-31)30(4)29(3,20-33-23(2)24-13-7-5-8-14-24)21-34-28(32)25-15-9-6-10-16-25/h5-10,13-16,19,26-27H,1-2,11-12,17-18,20-21H2,3-4H3. The summed E-state index contributed by atoms with van der Waals surface area (Å²) < 4.78 is 11.8. The van der Waals surface area contributed by atoms with Crippen LogP contribution >= 0.6 is 0 Å². The Hall–Kier alpha value is -3.34. The second kappa shape index (κ2) is 11.7. The third-order valence-electron chi connectivity index (χ3n) is 6.84. The third kappa shape index (κ3) is 6.16. The van der Waals surface area contributed by atoms with E-state index in [-0.39, 0.29) is 25.0 Å². The Kier molecular flexibility index (Phi) is 8.69. The first kappa shape index (κ1) is 25.3. The zero-order valence-corrected chi connectivity index (χ0v) is 20.2. The molecule has 2 aromatic carbocycles. The lowest BCUT2D eigenvalue weighted by molar-refractivity contribution is -0.113. The number of hydrogen-bond acceptors (Lipinski definition) is 5. The molecule has 180 valence electrons. The van der Waals surface area contributed by atoms with Crippen molar-refractivity contribution in [2.45, 2.75) is 38.1 Å². The SMILES string of the molecule is C=C(OCC(C)(COC(=O)c1ccccc1)N(C)C(=C)C1CCCCC1C=O)c1ccccc1. The van der Waals surface area contributed by atoms with Gasteiger partial charge in [-0.15, -0.1) is 0 Å². The lowest BCUT2D eigenvalue weighted by Gasteiger charge is -2.44. The van der Waals surface area contributed by atoms with Crippen molar-refractivity contribution in [3.63, 3.8) is 0 Å². The molecule has 0 aliphatic heterocycles. The average molecular weight is 462 g/mol. The number of hydrogen-bond donors (Lipinski definition) is 0. The summed E-state index contributed by atoms with van der Waals surface area (Å²) in [5.41, 5.74) is 1.53. The number of ether oxygens (including phenoxy) is 2. The predicted molar refractivity (Wildman–Crippen MR) is 135 cm³/mol. The molecule has 0 bridgehead atoms. The van der Waals surface area contributed by atoms with E-state index in [1.165, 1.54) is 0 Å². The predicted octanol–water partition coefficient (Wildman–Crippen LogP) is 5.74. The highest BCUT2D eigenvalue weighted by atomic mass is 16.5. The van der Waals surface area contributed by atoms with Crippen molar-refractivity contribution in [1.29, 1.82) is 0 Å². The highest BCUT2D eigenvalue weighted by Crippen LogP contribution is 2.37. The summed E-state index contributed by atoms with van der Waals surface area (Å²) in [4.78, 5) is 26.4. The van der Waals surface area contributed by atoms with Gasteiger partial charge in [-0.2, -0.15) is 0 Å². The summed E-state index contributed by atoms with van der Waals surface area (Å²) in [5, 5.41) is 0. The zero-order chi connectivity index (χ0) is 24.6. The molecule has 3 atom stereocenters. The van der Waals surface area contributed by atoms with E-state index in [2.05, 4.69) is 13.2 Å². The lowest BCUT2D eigenvalue weighted by atomic mass is 9.77. The summed E-state index contributed by atoms with van der Waals surface area (Å²) >= 11 is 0. The molecule has 2 aromatic rings. The molecule has 3 unspecified atom stereocenters. The smallest absolute Gasteiger partial charge is 0.338 e. The zero-order valence-electron chi connectivity index (χ0n) is 20.2. The number of carbonyl (C=O) groups excluding carboxylic acids is 2. The molecule has 5 heteroatoms. The Morgan fingerprint density at radius 2 is 1.53 bits per heavy atom. The number of carbonyl (C=O) groups is 2. The van der Waals surface area contributed by atoms with Crippen LogP contribution in [0.25, 0.3) is 5.76 Å². The maximum atomic E-state index is 12.7. The summed E-state index contributed by atoms with van der Waals surface area (Å²) in [6.45, 7) is 10.7. The molecular weight excluding hydrogens is 426 g/mol. The quantitative estimate of drug-likeness (QED) is 0.243. The van der Waals surface area contributed by atoms with Gasteiger partial charge in [0.2, 0.25) is 0 Å². The maximum Gasteiger partial charge on any atom is 0.338 e. The van der Waals surface area contributed by atoms with Gasteiger partial charge in [0, 0.05) is 30.1 Å². The monoisotopic (exact) mass is 461 g/mol. The molecule has 0 amide bonds. The van der Waals surface area contributed by atoms with E-state index in [1.807, 2.05) is 55.3 Å². The van der Waals surface area contributed by atoms with E-state index in [0.29, 0.717) is 11.3 Å². The number of esters is 1. The Balaban J connectivity index is 1.77. The molecule has 0 aromatic heterocycles. The molecule has 34 heavy (non-hydrogen) atoms. The van der Waals surface area contributed by atoms with Gasteiger partial charge in [0.15, 0.2) is 0 Å². The third-order valence-corrected chi connectivity index (χ3v) is 6.84. The number of likely N-dealkylation sites (N-methyl/N-ethyl adjacent to an activating group) is 1. The van der Waals surface area contributed by atoms with Crippen molar-refractivity contribution in [3.05, 3.63) is 90.6 Å². The molecule has 1 aliphatic carbocycles. The molecule has 3 rings (SSSR count). The van der Waals surface area contributed by atoms with E-state index in [0.717, 1.165) is 43.2 Å². The first-order valence-electron chi connectivity index (χ1n) is 11.8. The molecule has 0 saturated heterocycles. The fraction of sp³-hybridized carbons (Fsp3) is 0.379. The van der Waals surface area contributed by atoms with Gasteiger partial charge in [0.25, 0.3) is 0 Å². The summed E-state index contributed by atoms with van der Waals surface area (Å²) in [5.74, 6) is 0.178. The maximum absolute atomic E-state index is 12.7. The molecular formula is C29H35NO4. The van der Waals surface area contributed by atoms with Crippen molar-refractivity contribution < 1.29 is 19.1 Å². The van der Waals surface area contributed by atoms with Gasteiger partial charge in [-0.3, -0.25) is 0 Å². The van der Waals surface area contributed by atoms with Gasteiger partial charge < -0.3 is 19.2 Å². The first-order chi connectivity index (χ1) is 16.4. The Morgan fingerprint density at radius 3 is 2.15 bits per heavy atom. The molecule has 0 radical (unpaired) electrons. The molecule has 0 spiro atoms. The van der Waals surface area contributed by atoms with E-state index < -0.39 is 11.5 Å². The van der Waals surface area contributed by atoms with Crippen molar-refractivity contribution in [2.75, 3.05) is 20.3 Å². The minimum atomic E-state index is -0.718. The van der Waals surface area contributed by atoms with Crippen LogP contribution in [0.15, 0.2) is 79.5 Å². The number of aldehydes is 1.